The Morgan fingerprint density at radius 2 is 1.92 bits per heavy atom. The highest BCUT2D eigenvalue weighted by Crippen LogP contribution is 2.23. The lowest BCUT2D eigenvalue weighted by molar-refractivity contribution is -0.143. The molecule has 0 aliphatic carbocycles. The van der Waals surface area contributed by atoms with Crippen molar-refractivity contribution in [2.24, 2.45) is 11.8 Å². The molecular formula is C18H25N3O5. The second-order valence-corrected chi connectivity index (χ2v) is 6.51. The largest absolute Gasteiger partial charge is 0.493 e. The number of carbonyl (C=O) groups excluding carboxylic acids is 2. The van der Waals surface area contributed by atoms with Crippen molar-refractivity contribution in [3.05, 3.63) is 24.3 Å². The van der Waals surface area contributed by atoms with Gasteiger partial charge in [-0.1, -0.05) is 6.92 Å². The standard InChI is InChI=1S/C18H25N3O5/c1-12-9-13(17(23)24)11-21(10-12)18(25)20-14-3-5-15(6-4-14)26-8-7-16(22)19-2/h3-6,12-13H,7-11H2,1-2H3,(H,19,22)(H,20,25)(H,23,24). The Kier molecular flexibility index (Phi) is 6.82. The number of urea groups is 1. The van der Waals surface area contributed by atoms with Gasteiger partial charge in [0.05, 0.1) is 18.9 Å². The number of benzene rings is 1. The summed E-state index contributed by atoms with van der Waals surface area (Å²) >= 11 is 0. The molecule has 0 spiro atoms. The van der Waals surface area contributed by atoms with E-state index in [1.54, 1.807) is 36.2 Å². The number of carboxylic acid groups (broad SMARTS) is 1. The van der Waals surface area contributed by atoms with Gasteiger partial charge in [-0.2, -0.15) is 0 Å². The van der Waals surface area contributed by atoms with E-state index in [4.69, 9.17) is 4.74 Å². The Hall–Kier alpha value is -2.77. The molecule has 1 aromatic carbocycles. The van der Waals surface area contributed by atoms with Crippen molar-refractivity contribution in [2.75, 3.05) is 32.1 Å². The predicted molar refractivity (Wildman–Crippen MR) is 96.1 cm³/mol. The molecule has 3 N–H and O–H groups in total. The third-order valence-electron chi connectivity index (χ3n) is 4.28. The van der Waals surface area contributed by atoms with Crippen LogP contribution in [-0.2, 0) is 9.59 Å². The van der Waals surface area contributed by atoms with Gasteiger partial charge >= 0.3 is 12.0 Å². The molecule has 0 radical (unpaired) electrons. The second kappa shape index (κ2) is 9.07. The van der Waals surface area contributed by atoms with Gasteiger partial charge in [-0.05, 0) is 36.6 Å². The summed E-state index contributed by atoms with van der Waals surface area (Å²) in [6.45, 7) is 2.97. The average Bonchev–Trinajstić information content (AvgIpc) is 2.62. The molecule has 1 aromatic rings. The van der Waals surface area contributed by atoms with Crippen molar-refractivity contribution in [1.82, 2.24) is 10.2 Å². The van der Waals surface area contributed by atoms with E-state index < -0.39 is 11.9 Å². The number of hydrogen-bond acceptors (Lipinski definition) is 4. The first-order valence-electron chi connectivity index (χ1n) is 8.61. The number of carbonyl (C=O) groups is 3. The lowest BCUT2D eigenvalue weighted by Gasteiger charge is -2.34. The molecule has 1 aliphatic rings. The molecule has 2 rings (SSSR count). The zero-order valence-electron chi connectivity index (χ0n) is 15.0. The zero-order chi connectivity index (χ0) is 19.1. The molecular weight excluding hydrogens is 338 g/mol. The van der Waals surface area contributed by atoms with E-state index in [1.807, 2.05) is 6.92 Å². The van der Waals surface area contributed by atoms with Gasteiger partial charge in [-0.25, -0.2) is 4.79 Å². The van der Waals surface area contributed by atoms with E-state index in [9.17, 15) is 19.5 Å². The molecule has 3 amide bonds. The van der Waals surface area contributed by atoms with Gasteiger partial charge in [0.15, 0.2) is 0 Å². The summed E-state index contributed by atoms with van der Waals surface area (Å²) in [6, 6.07) is 6.51. The molecule has 8 nitrogen and oxygen atoms in total. The number of piperidine rings is 1. The highest BCUT2D eigenvalue weighted by Gasteiger charge is 2.31. The van der Waals surface area contributed by atoms with Crippen LogP contribution in [0.2, 0.25) is 0 Å². The quantitative estimate of drug-likeness (QED) is 0.714. The lowest BCUT2D eigenvalue weighted by Crippen LogP contribution is -2.47. The molecule has 2 unspecified atom stereocenters. The fourth-order valence-electron chi connectivity index (χ4n) is 2.92. The normalized spacial score (nSPS) is 19.5. The number of hydrogen-bond donors (Lipinski definition) is 3. The van der Waals surface area contributed by atoms with Gasteiger partial charge in [0.1, 0.15) is 5.75 Å². The summed E-state index contributed by atoms with van der Waals surface area (Å²) in [7, 11) is 1.57. The van der Waals surface area contributed by atoms with Gasteiger partial charge in [-0.3, -0.25) is 9.59 Å². The fourth-order valence-corrected chi connectivity index (χ4v) is 2.92. The topological polar surface area (TPSA) is 108 Å². The van der Waals surface area contributed by atoms with Crippen LogP contribution in [-0.4, -0.2) is 54.7 Å². The minimum absolute atomic E-state index is 0.0932. The van der Waals surface area contributed by atoms with Crippen LogP contribution in [0.5, 0.6) is 5.75 Å². The maximum atomic E-state index is 12.4. The van der Waals surface area contributed by atoms with Crippen molar-refractivity contribution in [2.45, 2.75) is 19.8 Å². The smallest absolute Gasteiger partial charge is 0.321 e. The molecule has 0 aromatic heterocycles. The van der Waals surface area contributed by atoms with E-state index in [0.29, 0.717) is 24.4 Å². The molecule has 2 atom stereocenters. The van der Waals surface area contributed by atoms with Crippen molar-refractivity contribution in [3.8, 4) is 5.75 Å². The Bertz CT molecular complexity index is 647. The Balaban J connectivity index is 1.86. The minimum Gasteiger partial charge on any atom is -0.493 e. The summed E-state index contributed by atoms with van der Waals surface area (Å²) < 4.78 is 5.46. The molecule has 1 saturated heterocycles. The van der Waals surface area contributed by atoms with Crippen molar-refractivity contribution in [1.29, 1.82) is 0 Å². The van der Waals surface area contributed by atoms with Crippen LogP contribution >= 0.6 is 0 Å². The number of amides is 3. The Labute approximate surface area is 152 Å². The summed E-state index contributed by atoms with van der Waals surface area (Å²) in [5.41, 5.74) is 0.596. The van der Waals surface area contributed by atoms with Crippen molar-refractivity contribution in [3.63, 3.8) is 0 Å². The van der Waals surface area contributed by atoms with Crippen LogP contribution in [0, 0.1) is 11.8 Å². The van der Waals surface area contributed by atoms with Crippen LogP contribution in [0.25, 0.3) is 0 Å². The first-order valence-corrected chi connectivity index (χ1v) is 8.61. The summed E-state index contributed by atoms with van der Waals surface area (Å²) in [5, 5.41) is 14.5. The highest BCUT2D eigenvalue weighted by atomic mass is 16.5. The monoisotopic (exact) mass is 363 g/mol. The molecule has 1 heterocycles. The summed E-state index contributed by atoms with van der Waals surface area (Å²) in [6.07, 6.45) is 0.855. The number of anilines is 1. The molecule has 0 bridgehead atoms. The number of nitrogens with zero attached hydrogens (tertiary/aromatic N) is 1. The van der Waals surface area contributed by atoms with E-state index in [2.05, 4.69) is 10.6 Å². The van der Waals surface area contributed by atoms with Gasteiger partial charge in [0, 0.05) is 25.8 Å². The first kappa shape index (κ1) is 19.6. The highest BCUT2D eigenvalue weighted by molar-refractivity contribution is 5.89. The molecule has 142 valence electrons. The summed E-state index contributed by atoms with van der Waals surface area (Å²) in [4.78, 5) is 36.3. The molecule has 0 saturated carbocycles. The van der Waals surface area contributed by atoms with Crippen LogP contribution < -0.4 is 15.4 Å². The molecule has 8 heteroatoms. The van der Waals surface area contributed by atoms with Gasteiger partial charge in [0.2, 0.25) is 5.91 Å². The third kappa shape index (κ3) is 5.65. The van der Waals surface area contributed by atoms with Crippen LogP contribution in [0.4, 0.5) is 10.5 Å². The van der Waals surface area contributed by atoms with Crippen LogP contribution in [0.3, 0.4) is 0 Å². The predicted octanol–water partition coefficient (Wildman–Crippen LogP) is 1.78. The lowest BCUT2D eigenvalue weighted by atomic mass is 9.91. The number of rotatable bonds is 6. The third-order valence-corrected chi connectivity index (χ3v) is 4.28. The molecule has 26 heavy (non-hydrogen) atoms. The zero-order valence-corrected chi connectivity index (χ0v) is 15.0. The number of carboxylic acids is 1. The summed E-state index contributed by atoms with van der Waals surface area (Å²) in [5.74, 6) is -0.742. The van der Waals surface area contributed by atoms with E-state index >= 15 is 0 Å². The van der Waals surface area contributed by atoms with Crippen molar-refractivity contribution < 1.29 is 24.2 Å². The average molecular weight is 363 g/mol. The number of aliphatic carboxylic acids is 1. The minimum atomic E-state index is -0.868. The molecule has 1 aliphatic heterocycles. The van der Waals surface area contributed by atoms with E-state index in [1.165, 1.54) is 0 Å². The number of likely N-dealkylation sites (tertiary alicyclic amines) is 1. The Morgan fingerprint density at radius 3 is 2.54 bits per heavy atom. The second-order valence-electron chi connectivity index (χ2n) is 6.51. The number of ether oxygens (including phenoxy) is 1. The van der Waals surface area contributed by atoms with Gasteiger partial charge in [0.25, 0.3) is 0 Å². The maximum absolute atomic E-state index is 12.4. The Morgan fingerprint density at radius 1 is 1.23 bits per heavy atom. The van der Waals surface area contributed by atoms with Gasteiger partial charge in [-0.15, -0.1) is 0 Å². The first-order chi connectivity index (χ1) is 12.4. The van der Waals surface area contributed by atoms with E-state index in [-0.39, 0.29) is 37.4 Å². The number of nitrogens with one attached hydrogen (secondary N) is 2. The fraction of sp³-hybridized carbons (Fsp3) is 0.500. The van der Waals surface area contributed by atoms with Crippen LogP contribution in [0.15, 0.2) is 24.3 Å². The van der Waals surface area contributed by atoms with Gasteiger partial charge < -0.3 is 25.4 Å². The maximum Gasteiger partial charge on any atom is 0.321 e. The van der Waals surface area contributed by atoms with Crippen molar-refractivity contribution >= 4 is 23.6 Å². The van der Waals surface area contributed by atoms with Crippen LogP contribution in [0.1, 0.15) is 19.8 Å². The molecule has 1 fully saturated rings. The SMILES string of the molecule is CNC(=O)CCOc1ccc(NC(=O)N2CC(C)CC(C(=O)O)C2)cc1. The van der Waals surface area contributed by atoms with E-state index in [0.717, 1.165) is 0 Å².